The molecule has 1 aliphatic heterocycles. The summed E-state index contributed by atoms with van der Waals surface area (Å²) in [6, 6.07) is 3.12. The van der Waals surface area contributed by atoms with Crippen molar-refractivity contribution in [2.24, 2.45) is 5.92 Å². The molecule has 0 spiro atoms. The molecule has 0 bridgehead atoms. The average Bonchev–Trinajstić information content (AvgIpc) is 3.37. The van der Waals surface area contributed by atoms with Gasteiger partial charge in [-0.25, -0.2) is 19.3 Å². The van der Waals surface area contributed by atoms with Gasteiger partial charge in [0.05, 0.1) is 30.1 Å². The molecule has 3 aromatic rings. The first-order chi connectivity index (χ1) is 16.0. The third-order valence-electron chi connectivity index (χ3n) is 6.53. The maximum absolute atomic E-state index is 14.9. The zero-order chi connectivity index (χ0) is 22.9. The van der Waals surface area contributed by atoms with Gasteiger partial charge in [0.1, 0.15) is 12.1 Å². The number of H-pyrrole nitrogens is 1. The summed E-state index contributed by atoms with van der Waals surface area (Å²) in [5, 5.41) is 9.62. The summed E-state index contributed by atoms with van der Waals surface area (Å²) in [5.41, 5.74) is 2.25. The highest BCUT2D eigenvalue weighted by atomic mass is 19.1. The largest absolute Gasteiger partial charge is 0.381 e. The van der Waals surface area contributed by atoms with Crippen molar-refractivity contribution in [1.82, 2.24) is 25.1 Å². The number of hydrogen-bond acceptors (Lipinski definition) is 7. The second-order valence-corrected chi connectivity index (χ2v) is 8.63. The van der Waals surface area contributed by atoms with E-state index in [1.54, 1.807) is 24.3 Å². The van der Waals surface area contributed by atoms with Gasteiger partial charge in [0.25, 0.3) is 0 Å². The molecule has 1 aromatic carbocycles. The van der Waals surface area contributed by atoms with Gasteiger partial charge < -0.3 is 10.1 Å². The fraction of sp³-hybridized carbons (Fsp3) is 0.435. The maximum Gasteiger partial charge on any atom is 0.247 e. The number of carbonyl (C=O) groups is 1. The summed E-state index contributed by atoms with van der Waals surface area (Å²) in [7, 11) is 1.75. The normalized spacial score (nSPS) is 20.5. The number of rotatable bonds is 5. The van der Waals surface area contributed by atoms with Crippen molar-refractivity contribution in [3.63, 3.8) is 0 Å². The van der Waals surface area contributed by atoms with Crippen molar-refractivity contribution in [2.75, 3.05) is 30.4 Å². The molecule has 33 heavy (non-hydrogen) atoms. The first-order valence-electron chi connectivity index (χ1n) is 11.1. The lowest BCUT2D eigenvalue weighted by Crippen LogP contribution is -2.44. The quantitative estimate of drug-likeness (QED) is 0.612. The predicted molar refractivity (Wildman–Crippen MR) is 121 cm³/mol. The molecule has 5 rings (SSSR count). The molecule has 0 radical (unpaired) electrons. The molecule has 1 aliphatic carbocycles. The van der Waals surface area contributed by atoms with Crippen molar-refractivity contribution in [3.8, 4) is 22.6 Å². The molecule has 172 valence electrons. The molecule has 9 nitrogen and oxygen atoms in total. The predicted octanol–water partition coefficient (Wildman–Crippen LogP) is 3.34. The second kappa shape index (κ2) is 8.86. The lowest BCUT2D eigenvalue weighted by Gasteiger charge is -2.34. The van der Waals surface area contributed by atoms with Crippen LogP contribution in [-0.2, 0) is 9.53 Å². The highest BCUT2D eigenvalue weighted by molar-refractivity contribution is 6.01. The van der Waals surface area contributed by atoms with Crippen LogP contribution in [0.3, 0.4) is 0 Å². The highest BCUT2D eigenvalue weighted by Crippen LogP contribution is 2.34. The van der Waals surface area contributed by atoms with Crippen molar-refractivity contribution < 1.29 is 13.9 Å². The number of nitrogens with one attached hydrogen (secondary N) is 2. The van der Waals surface area contributed by atoms with Gasteiger partial charge in [0.15, 0.2) is 17.5 Å². The number of aromatic nitrogens is 5. The molecule has 0 atom stereocenters. The Morgan fingerprint density at radius 1 is 1.18 bits per heavy atom. The minimum absolute atomic E-state index is 0.0364. The lowest BCUT2D eigenvalue weighted by atomic mass is 9.87. The number of ether oxygens (including phenoxy) is 1. The SMILES string of the molecule is CO[C@H]1CC[C@H](CN2C(=O)CNc3ncc(-c4cc(F)c(-c5nc[nH]n5)cc4C)nc32)CC1. The van der Waals surface area contributed by atoms with Gasteiger partial charge in [-0.3, -0.25) is 14.8 Å². The van der Waals surface area contributed by atoms with E-state index in [0.29, 0.717) is 52.8 Å². The molecule has 1 saturated carbocycles. The number of anilines is 2. The van der Waals surface area contributed by atoms with Crippen molar-refractivity contribution in [2.45, 2.75) is 38.7 Å². The smallest absolute Gasteiger partial charge is 0.247 e. The van der Waals surface area contributed by atoms with Gasteiger partial charge in [-0.1, -0.05) is 0 Å². The number of fused-ring (bicyclic) bond motifs is 1. The monoisotopic (exact) mass is 451 g/mol. The van der Waals surface area contributed by atoms with Crippen molar-refractivity contribution >= 4 is 17.5 Å². The molecule has 1 fully saturated rings. The Hall–Kier alpha value is -3.40. The molecule has 0 saturated heterocycles. The minimum Gasteiger partial charge on any atom is -0.381 e. The van der Waals surface area contributed by atoms with Gasteiger partial charge in [-0.15, -0.1) is 0 Å². The van der Waals surface area contributed by atoms with Gasteiger partial charge in [-0.05, 0) is 56.2 Å². The van der Waals surface area contributed by atoms with Crippen LogP contribution in [0.1, 0.15) is 31.2 Å². The molecule has 2 aromatic heterocycles. The summed E-state index contributed by atoms with van der Waals surface area (Å²) >= 11 is 0. The van der Waals surface area contributed by atoms with Crippen LogP contribution in [0.2, 0.25) is 0 Å². The topological polar surface area (TPSA) is 109 Å². The van der Waals surface area contributed by atoms with E-state index in [1.165, 1.54) is 12.4 Å². The maximum atomic E-state index is 14.9. The number of benzene rings is 1. The first-order valence-corrected chi connectivity index (χ1v) is 11.1. The van der Waals surface area contributed by atoms with E-state index in [2.05, 4.69) is 25.5 Å². The van der Waals surface area contributed by atoms with Crippen LogP contribution in [0.4, 0.5) is 16.0 Å². The number of hydrogen-bond donors (Lipinski definition) is 2. The third kappa shape index (κ3) is 4.18. The summed E-state index contributed by atoms with van der Waals surface area (Å²) < 4.78 is 20.4. The van der Waals surface area contributed by atoms with E-state index in [0.717, 1.165) is 31.2 Å². The van der Waals surface area contributed by atoms with E-state index < -0.39 is 5.82 Å². The summed E-state index contributed by atoms with van der Waals surface area (Å²) in [4.78, 5) is 27.8. The Morgan fingerprint density at radius 2 is 2.00 bits per heavy atom. The van der Waals surface area contributed by atoms with Crippen LogP contribution >= 0.6 is 0 Å². The van der Waals surface area contributed by atoms with Crippen LogP contribution in [0, 0.1) is 18.7 Å². The molecular weight excluding hydrogens is 425 g/mol. The van der Waals surface area contributed by atoms with Crippen LogP contribution in [-0.4, -0.2) is 57.4 Å². The highest BCUT2D eigenvalue weighted by Gasteiger charge is 2.31. The molecule has 2 N–H and O–H groups in total. The number of halogens is 1. The van der Waals surface area contributed by atoms with E-state index >= 15 is 0 Å². The van der Waals surface area contributed by atoms with Crippen LogP contribution in [0.5, 0.6) is 0 Å². The molecule has 10 heteroatoms. The molecule has 3 heterocycles. The Bertz CT molecular complexity index is 1160. The van der Waals surface area contributed by atoms with E-state index in [1.807, 2.05) is 6.92 Å². The lowest BCUT2D eigenvalue weighted by molar-refractivity contribution is -0.117. The molecular formula is C23H26FN7O2. The van der Waals surface area contributed by atoms with Crippen LogP contribution in [0.25, 0.3) is 22.6 Å². The fourth-order valence-electron chi connectivity index (χ4n) is 4.66. The summed E-state index contributed by atoms with van der Waals surface area (Å²) in [5.74, 6) is 1.26. The first kappa shape index (κ1) is 21.4. The number of carbonyl (C=O) groups excluding carboxylic acids is 1. The van der Waals surface area contributed by atoms with E-state index in [9.17, 15) is 9.18 Å². The van der Waals surface area contributed by atoms with Crippen molar-refractivity contribution in [1.29, 1.82) is 0 Å². The zero-order valence-electron chi connectivity index (χ0n) is 18.6. The Balaban J connectivity index is 1.45. The molecule has 0 unspecified atom stereocenters. The Kier molecular flexibility index (Phi) is 5.76. The Morgan fingerprint density at radius 3 is 2.73 bits per heavy atom. The summed E-state index contributed by atoms with van der Waals surface area (Å²) in [6.45, 7) is 2.66. The minimum atomic E-state index is -0.448. The zero-order valence-corrected chi connectivity index (χ0v) is 18.6. The molecule has 2 aliphatic rings. The molecule has 1 amide bonds. The number of methoxy groups -OCH3 is 1. The van der Waals surface area contributed by atoms with Gasteiger partial charge in [0, 0.05) is 19.2 Å². The second-order valence-electron chi connectivity index (χ2n) is 8.63. The van der Waals surface area contributed by atoms with Crippen molar-refractivity contribution in [3.05, 3.63) is 36.0 Å². The number of aromatic amines is 1. The van der Waals surface area contributed by atoms with E-state index in [4.69, 9.17) is 9.72 Å². The van der Waals surface area contributed by atoms with Crippen LogP contribution < -0.4 is 10.2 Å². The van der Waals surface area contributed by atoms with Gasteiger partial charge in [-0.2, -0.15) is 5.10 Å². The Labute approximate surface area is 190 Å². The third-order valence-corrected chi connectivity index (χ3v) is 6.53. The van der Waals surface area contributed by atoms with E-state index in [-0.39, 0.29) is 12.5 Å². The van der Waals surface area contributed by atoms with Crippen LogP contribution in [0.15, 0.2) is 24.7 Å². The number of nitrogens with zero attached hydrogens (tertiary/aromatic N) is 5. The number of aryl methyl sites for hydroxylation is 1. The van der Waals surface area contributed by atoms with Gasteiger partial charge >= 0.3 is 0 Å². The summed E-state index contributed by atoms with van der Waals surface area (Å²) in [6.07, 6.45) is 7.32. The van der Waals surface area contributed by atoms with Gasteiger partial charge in [0.2, 0.25) is 5.91 Å². The number of amides is 1. The standard InChI is InChI=1S/C23H26FN7O2/c1-13-7-17(21-27-12-28-30-21)18(24)8-16(13)19-9-25-22-23(29-19)31(20(32)10-26-22)11-14-3-5-15(33-2)6-4-14/h7-9,12,14-15H,3-6,10-11H2,1-2H3,(H,25,26)(H,27,28,30)/t14-,15-. The average molecular weight is 452 g/mol. The fourth-order valence-corrected chi connectivity index (χ4v) is 4.66.